The highest BCUT2D eigenvalue weighted by atomic mass is 16.6. The number of carbonyl (C=O) groups is 2. The summed E-state index contributed by atoms with van der Waals surface area (Å²) in [6, 6.07) is 17.9. The van der Waals surface area contributed by atoms with E-state index in [0.717, 1.165) is 41.2 Å². The predicted molar refractivity (Wildman–Crippen MR) is 157 cm³/mol. The standard InChI is InChI=1S/C33H42N2O6/c1-6-38-31(36)28-18-20-35(32(37)41-33(3,4)5)22-26(28)15-12-24-13-16-27(17-14-24)39-21-19-29-23(2)40-30(34-29)25-10-8-7-9-11-25/h7-11,13-14,16-17,26,28H,6,12,15,18-22H2,1-5H3/t26-,28+/m1/s1. The number of hydrogen-bond donors (Lipinski definition) is 0. The molecule has 41 heavy (non-hydrogen) atoms. The summed E-state index contributed by atoms with van der Waals surface area (Å²) in [6.45, 7) is 11.1. The lowest BCUT2D eigenvalue weighted by Crippen LogP contribution is -2.48. The third-order valence-electron chi connectivity index (χ3n) is 7.22. The fourth-order valence-electron chi connectivity index (χ4n) is 5.11. The highest BCUT2D eigenvalue weighted by molar-refractivity contribution is 5.74. The summed E-state index contributed by atoms with van der Waals surface area (Å²) >= 11 is 0. The molecular weight excluding hydrogens is 520 g/mol. The molecule has 0 bridgehead atoms. The highest BCUT2D eigenvalue weighted by Gasteiger charge is 2.37. The largest absolute Gasteiger partial charge is 0.493 e. The molecule has 1 fully saturated rings. The van der Waals surface area contributed by atoms with Crippen LogP contribution >= 0.6 is 0 Å². The summed E-state index contributed by atoms with van der Waals surface area (Å²) in [7, 11) is 0. The number of benzene rings is 2. The Bertz CT molecular complexity index is 1280. The van der Waals surface area contributed by atoms with Gasteiger partial charge in [-0.25, -0.2) is 9.78 Å². The molecule has 0 aliphatic carbocycles. The minimum absolute atomic E-state index is 0.00211. The lowest BCUT2D eigenvalue weighted by atomic mass is 9.82. The van der Waals surface area contributed by atoms with Crippen LogP contribution in [-0.2, 0) is 27.1 Å². The average molecular weight is 563 g/mol. The van der Waals surface area contributed by atoms with E-state index < -0.39 is 5.60 Å². The zero-order valence-electron chi connectivity index (χ0n) is 24.9. The molecule has 2 aromatic carbocycles. The normalized spacial score (nSPS) is 17.2. The summed E-state index contributed by atoms with van der Waals surface area (Å²) in [5.74, 6) is 1.81. The van der Waals surface area contributed by atoms with Crippen LogP contribution in [0.5, 0.6) is 5.75 Å². The lowest BCUT2D eigenvalue weighted by molar-refractivity contribution is -0.152. The molecular formula is C33H42N2O6. The fraction of sp³-hybridized carbons (Fsp3) is 0.485. The van der Waals surface area contributed by atoms with Gasteiger partial charge < -0.3 is 23.5 Å². The maximum atomic E-state index is 12.7. The number of aromatic nitrogens is 1. The van der Waals surface area contributed by atoms with Crippen molar-refractivity contribution in [3.8, 4) is 17.2 Å². The fourth-order valence-corrected chi connectivity index (χ4v) is 5.11. The molecule has 3 aromatic rings. The van der Waals surface area contributed by atoms with Crippen molar-refractivity contribution in [2.75, 3.05) is 26.3 Å². The van der Waals surface area contributed by atoms with Gasteiger partial charge in [0.1, 0.15) is 17.1 Å². The number of nitrogens with zero attached hydrogens (tertiary/aromatic N) is 2. The van der Waals surface area contributed by atoms with Crippen molar-refractivity contribution in [2.24, 2.45) is 11.8 Å². The molecule has 2 heterocycles. The lowest BCUT2D eigenvalue weighted by Gasteiger charge is -2.38. The van der Waals surface area contributed by atoms with Crippen molar-refractivity contribution in [3.05, 3.63) is 71.6 Å². The second-order valence-corrected chi connectivity index (χ2v) is 11.5. The predicted octanol–water partition coefficient (Wildman–Crippen LogP) is 6.64. The van der Waals surface area contributed by atoms with Crippen LogP contribution in [0.4, 0.5) is 4.79 Å². The Morgan fingerprint density at radius 2 is 1.78 bits per heavy atom. The van der Waals surface area contributed by atoms with Crippen molar-refractivity contribution in [2.45, 2.75) is 65.9 Å². The number of likely N-dealkylation sites (tertiary alicyclic amines) is 1. The zero-order chi connectivity index (χ0) is 29.4. The Morgan fingerprint density at radius 1 is 1.05 bits per heavy atom. The van der Waals surface area contributed by atoms with Crippen LogP contribution in [0.2, 0.25) is 0 Å². The van der Waals surface area contributed by atoms with Crippen LogP contribution in [0, 0.1) is 18.8 Å². The third-order valence-corrected chi connectivity index (χ3v) is 7.22. The Hall–Kier alpha value is -3.81. The number of esters is 1. The smallest absolute Gasteiger partial charge is 0.410 e. The maximum Gasteiger partial charge on any atom is 0.410 e. The molecule has 1 saturated heterocycles. The van der Waals surface area contributed by atoms with Crippen LogP contribution in [0.15, 0.2) is 59.0 Å². The first-order valence-electron chi connectivity index (χ1n) is 14.5. The van der Waals surface area contributed by atoms with E-state index in [1.54, 1.807) is 4.90 Å². The molecule has 1 aliphatic rings. The summed E-state index contributed by atoms with van der Waals surface area (Å²) in [4.78, 5) is 31.8. The Balaban J connectivity index is 1.30. The average Bonchev–Trinajstić information content (AvgIpc) is 3.32. The molecule has 0 unspecified atom stereocenters. The van der Waals surface area contributed by atoms with Gasteiger partial charge in [0.05, 0.1) is 24.8 Å². The van der Waals surface area contributed by atoms with Gasteiger partial charge in [-0.1, -0.05) is 30.3 Å². The van der Waals surface area contributed by atoms with E-state index in [1.807, 2.05) is 77.1 Å². The van der Waals surface area contributed by atoms with Gasteiger partial charge in [0.25, 0.3) is 0 Å². The number of ether oxygens (including phenoxy) is 3. The molecule has 1 aliphatic heterocycles. The van der Waals surface area contributed by atoms with Crippen molar-refractivity contribution in [3.63, 3.8) is 0 Å². The van der Waals surface area contributed by atoms with Gasteiger partial charge in [-0.2, -0.15) is 0 Å². The van der Waals surface area contributed by atoms with E-state index in [-0.39, 0.29) is 23.9 Å². The Kier molecular flexibility index (Phi) is 10.1. The summed E-state index contributed by atoms with van der Waals surface area (Å²) < 4.78 is 22.8. The number of oxazole rings is 1. The van der Waals surface area contributed by atoms with E-state index in [9.17, 15) is 9.59 Å². The molecule has 0 saturated carbocycles. The number of aryl methyl sites for hydroxylation is 2. The number of piperidine rings is 1. The SMILES string of the molecule is CCOC(=O)[C@H]1CCN(C(=O)OC(C)(C)C)C[C@H]1CCc1ccc(OCCc2nc(-c3ccccc3)oc2C)cc1. The van der Waals surface area contributed by atoms with Crippen LogP contribution in [0.25, 0.3) is 11.5 Å². The number of carbonyl (C=O) groups excluding carboxylic acids is 2. The minimum atomic E-state index is -0.562. The maximum absolute atomic E-state index is 12.7. The summed E-state index contributed by atoms with van der Waals surface area (Å²) in [5, 5.41) is 0. The summed E-state index contributed by atoms with van der Waals surface area (Å²) in [6.07, 6.45) is 2.44. The molecule has 1 aromatic heterocycles. The second kappa shape index (κ2) is 13.7. The van der Waals surface area contributed by atoms with Gasteiger partial charge in [-0.05, 0) is 89.6 Å². The van der Waals surface area contributed by atoms with Crippen LogP contribution in [0.1, 0.15) is 57.6 Å². The van der Waals surface area contributed by atoms with Crippen molar-refractivity contribution < 1.29 is 28.2 Å². The van der Waals surface area contributed by atoms with Gasteiger partial charge in [-0.15, -0.1) is 0 Å². The second-order valence-electron chi connectivity index (χ2n) is 11.5. The molecule has 1 amide bonds. The number of rotatable bonds is 10. The molecule has 0 spiro atoms. The first kappa shape index (κ1) is 30.2. The first-order valence-corrected chi connectivity index (χ1v) is 14.5. The zero-order valence-corrected chi connectivity index (χ0v) is 24.9. The number of amides is 1. The van der Waals surface area contributed by atoms with Crippen LogP contribution in [-0.4, -0.2) is 53.9 Å². The van der Waals surface area contributed by atoms with E-state index in [2.05, 4.69) is 17.1 Å². The molecule has 220 valence electrons. The number of hydrogen-bond acceptors (Lipinski definition) is 7. The monoisotopic (exact) mass is 562 g/mol. The molecule has 8 heteroatoms. The van der Waals surface area contributed by atoms with Gasteiger partial charge >= 0.3 is 12.1 Å². The van der Waals surface area contributed by atoms with E-state index in [0.29, 0.717) is 45.0 Å². The molecule has 0 N–H and O–H groups in total. The third kappa shape index (κ3) is 8.59. The van der Waals surface area contributed by atoms with E-state index in [4.69, 9.17) is 18.6 Å². The van der Waals surface area contributed by atoms with Crippen molar-refractivity contribution in [1.29, 1.82) is 0 Å². The van der Waals surface area contributed by atoms with Gasteiger partial charge in [0.2, 0.25) is 5.89 Å². The van der Waals surface area contributed by atoms with E-state index in [1.165, 1.54) is 0 Å². The van der Waals surface area contributed by atoms with Crippen molar-refractivity contribution >= 4 is 12.1 Å². The molecule has 0 radical (unpaired) electrons. The van der Waals surface area contributed by atoms with Crippen molar-refractivity contribution in [1.82, 2.24) is 9.88 Å². The van der Waals surface area contributed by atoms with Gasteiger partial charge in [0, 0.05) is 25.1 Å². The first-order chi connectivity index (χ1) is 19.6. The minimum Gasteiger partial charge on any atom is -0.493 e. The van der Waals surface area contributed by atoms with Gasteiger partial charge in [-0.3, -0.25) is 4.79 Å². The molecule has 2 atom stereocenters. The van der Waals surface area contributed by atoms with Gasteiger partial charge in [0.15, 0.2) is 0 Å². The summed E-state index contributed by atoms with van der Waals surface area (Å²) in [5.41, 5.74) is 2.43. The molecule has 8 nitrogen and oxygen atoms in total. The Morgan fingerprint density at radius 3 is 2.46 bits per heavy atom. The topological polar surface area (TPSA) is 91.1 Å². The Labute approximate surface area is 243 Å². The van der Waals surface area contributed by atoms with Crippen LogP contribution < -0.4 is 4.74 Å². The van der Waals surface area contributed by atoms with E-state index >= 15 is 0 Å². The highest BCUT2D eigenvalue weighted by Crippen LogP contribution is 2.30. The molecule has 4 rings (SSSR count). The quantitative estimate of drug-likeness (QED) is 0.256. The van der Waals surface area contributed by atoms with Crippen LogP contribution in [0.3, 0.4) is 0 Å².